The topological polar surface area (TPSA) is 47.6 Å². The van der Waals surface area contributed by atoms with E-state index in [9.17, 15) is 9.18 Å². The average molecular weight is 317 g/mol. The van der Waals surface area contributed by atoms with Crippen molar-refractivity contribution in [1.29, 1.82) is 0 Å². The summed E-state index contributed by atoms with van der Waals surface area (Å²) in [5.41, 5.74) is 2.16. The van der Waals surface area contributed by atoms with Gasteiger partial charge in [0.25, 0.3) is 5.91 Å². The van der Waals surface area contributed by atoms with Crippen LogP contribution in [0.15, 0.2) is 42.5 Å². The van der Waals surface area contributed by atoms with Gasteiger partial charge in [-0.2, -0.15) is 0 Å². The first-order chi connectivity index (χ1) is 11.0. The van der Waals surface area contributed by atoms with Gasteiger partial charge >= 0.3 is 0 Å². The fourth-order valence-electron chi connectivity index (χ4n) is 2.13. The van der Waals surface area contributed by atoms with Gasteiger partial charge in [0.1, 0.15) is 12.4 Å². The Hall–Kier alpha value is -2.56. The van der Waals surface area contributed by atoms with Crippen LogP contribution >= 0.6 is 0 Å². The molecule has 4 nitrogen and oxygen atoms in total. The van der Waals surface area contributed by atoms with Crippen LogP contribution in [0.25, 0.3) is 0 Å². The summed E-state index contributed by atoms with van der Waals surface area (Å²) in [7, 11) is 0. The Kier molecular flexibility index (Phi) is 5.97. The van der Waals surface area contributed by atoms with Gasteiger partial charge < -0.3 is 14.8 Å². The molecule has 0 saturated carbocycles. The van der Waals surface area contributed by atoms with E-state index in [4.69, 9.17) is 9.47 Å². The van der Waals surface area contributed by atoms with E-state index in [1.807, 2.05) is 32.0 Å². The van der Waals surface area contributed by atoms with E-state index in [1.165, 1.54) is 6.07 Å². The highest BCUT2D eigenvalue weighted by Crippen LogP contribution is 2.16. The van der Waals surface area contributed by atoms with Crippen LogP contribution in [0.3, 0.4) is 0 Å². The predicted octanol–water partition coefficient (Wildman–Crippen LogP) is 3.02. The molecule has 0 bridgehead atoms. The van der Waals surface area contributed by atoms with E-state index < -0.39 is 5.82 Å². The first-order valence-electron chi connectivity index (χ1n) is 7.40. The monoisotopic (exact) mass is 317 g/mol. The minimum atomic E-state index is -0.419. The predicted molar refractivity (Wildman–Crippen MR) is 86.3 cm³/mol. The maximum atomic E-state index is 13.3. The molecule has 2 aromatic rings. The van der Waals surface area contributed by atoms with Gasteiger partial charge in [-0.25, -0.2) is 4.39 Å². The lowest BCUT2D eigenvalue weighted by Gasteiger charge is -2.10. The second kappa shape index (κ2) is 8.17. The maximum absolute atomic E-state index is 13.3. The minimum absolute atomic E-state index is 0.0669. The van der Waals surface area contributed by atoms with Crippen LogP contribution in [-0.4, -0.2) is 25.7 Å². The number of para-hydroxylation sites is 1. The Morgan fingerprint density at radius 1 is 1.09 bits per heavy atom. The average Bonchev–Trinajstić information content (AvgIpc) is 2.50. The van der Waals surface area contributed by atoms with Crippen LogP contribution in [0, 0.1) is 19.7 Å². The summed E-state index contributed by atoms with van der Waals surface area (Å²) < 4.78 is 24.0. The van der Waals surface area contributed by atoms with Crippen molar-refractivity contribution in [3.63, 3.8) is 0 Å². The lowest BCUT2D eigenvalue weighted by molar-refractivity contribution is -0.123. The zero-order chi connectivity index (χ0) is 16.7. The maximum Gasteiger partial charge on any atom is 0.258 e. The third-order valence-corrected chi connectivity index (χ3v) is 3.08. The number of aryl methyl sites for hydroxylation is 2. The third-order valence-electron chi connectivity index (χ3n) is 3.08. The highest BCUT2D eigenvalue weighted by Gasteiger charge is 2.05. The number of carbonyl (C=O) groups excluding carboxylic acids is 1. The van der Waals surface area contributed by atoms with E-state index in [0.29, 0.717) is 5.75 Å². The van der Waals surface area contributed by atoms with Crippen molar-refractivity contribution < 1.29 is 18.7 Å². The number of rotatable bonds is 7. The highest BCUT2D eigenvalue weighted by molar-refractivity contribution is 5.77. The van der Waals surface area contributed by atoms with Crippen LogP contribution in [-0.2, 0) is 4.79 Å². The zero-order valence-electron chi connectivity index (χ0n) is 13.3. The summed E-state index contributed by atoms with van der Waals surface area (Å²) in [6, 6.07) is 11.9. The van der Waals surface area contributed by atoms with Crippen molar-refractivity contribution in [3.05, 3.63) is 59.4 Å². The Balaban J connectivity index is 1.68. The largest absolute Gasteiger partial charge is 0.489 e. The number of benzene rings is 2. The van der Waals surface area contributed by atoms with Gasteiger partial charge in [-0.3, -0.25) is 4.79 Å². The molecule has 0 fully saturated rings. The van der Waals surface area contributed by atoms with Crippen LogP contribution in [0.4, 0.5) is 4.39 Å². The standard InChI is InChI=1S/C18H20FNO3/c1-13-9-14(2)11-15(10-13)23-12-18(21)20-7-8-22-17-6-4-3-5-16(17)19/h3-6,9-11H,7-8,12H2,1-2H3,(H,20,21). The molecule has 0 heterocycles. The van der Waals surface area contributed by atoms with Gasteiger partial charge in [0, 0.05) is 0 Å². The molecule has 0 aromatic heterocycles. The normalized spacial score (nSPS) is 10.2. The zero-order valence-corrected chi connectivity index (χ0v) is 13.3. The molecule has 0 aliphatic rings. The Bertz CT molecular complexity index is 653. The highest BCUT2D eigenvalue weighted by atomic mass is 19.1. The van der Waals surface area contributed by atoms with Gasteiger partial charge in [0.05, 0.1) is 6.54 Å². The first-order valence-corrected chi connectivity index (χ1v) is 7.40. The van der Waals surface area contributed by atoms with Gasteiger partial charge in [-0.1, -0.05) is 18.2 Å². The first kappa shape index (κ1) is 16.8. The van der Waals surface area contributed by atoms with Gasteiger partial charge in [-0.15, -0.1) is 0 Å². The van der Waals surface area contributed by atoms with Gasteiger partial charge in [0.15, 0.2) is 18.2 Å². The molecule has 23 heavy (non-hydrogen) atoms. The van der Waals surface area contributed by atoms with Crippen molar-refractivity contribution in [1.82, 2.24) is 5.32 Å². The molecule has 2 rings (SSSR count). The number of hydrogen-bond acceptors (Lipinski definition) is 3. The number of amides is 1. The van der Waals surface area contributed by atoms with Gasteiger partial charge in [0.2, 0.25) is 0 Å². The molecule has 0 unspecified atom stereocenters. The second-order valence-electron chi connectivity index (χ2n) is 5.24. The Morgan fingerprint density at radius 3 is 2.48 bits per heavy atom. The van der Waals surface area contributed by atoms with Crippen LogP contribution in [0.5, 0.6) is 11.5 Å². The number of hydrogen-bond donors (Lipinski definition) is 1. The van der Waals surface area contributed by atoms with Crippen molar-refractivity contribution in [2.45, 2.75) is 13.8 Å². The van der Waals surface area contributed by atoms with E-state index >= 15 is 0 Å². The summed E-state index contributed by atoms with van der Waals surface area (Å²) in [5.74, 6) is 0.173. The Morgan fingerprint density at radius 2 is 1.78 bits per heavy atom. The number of carbonyl (C=O) groups is 1. The summed E-state index contributed by atoms with van der Waals surface area (Å²) in [6.07, 6.45) is 0. The number of ether oxygens (including phenoxy) is 2. The van der Waals surface area contributed by atoms with Crippen LogP contribution in [0.1, 0.15) is 11.1 Å². The molecule has 0 saturated heterocycles. The fourth-order valence-corrected chi connectivity index (χ4v) is 2.13. The molecular weight excluding hydrogens is 297 g/mol. The summed E-state index contributed by atoms with van der Waals surface area (Å²) in [5, 5.41) is 2.66. The van der Waals surface area contributed by atoms with Crippen molar-refractivity contribution in [2.24, 2.45) is 0 Å². The van der Waals surface area contributed by atoms with Crippen LogP contribution in [0.2, 0.25) is 0 Å². The van der Waals surface area contributed by atoms with E-state index in [-0.39, 0.29) is 31.4 Å². The summed E-state index contributed by atoms with van der Waals surface area (Å²) >= 11 is 0. The van der Waals surface area contributed by atoms with Crippen LogP contribution < -0.4 is 14.8 Å². The fraction of sp³-hybridized carbons (Fsp3) is 0.278. The van der Waals surface area contributed by atoms with E-state index in [0.717, 1.165) is 11.1 Å². The van der Waals surface area contributed by atoms with Gasteiger partial charge in [-0.05, 0) is 49.2 Å². The molecule has 122 valence electrons. The van der Waals surface area contributed by atoms with Crippen molar-refractivity contribution in [2.75, 3.05) is 19.8 Å². The SMILES string of the molecule is Cc1cc(C)cc(OCC(=O)NCCOc2ccccc2F)c1. The molecule has 0 aliphatic carbocycles. The van der Waals surface area contributed by atoms with Crippen molar-refractivity contribution >= 4 is 5.91 Å². The number of halogens is 1. The summed E-state index contributed by atoms with van der Waals surface area (Å²) in [6.45, 7) is 4.35. The molecule has 1 amide bonds. The quantitative estimate of drug-likeness (QED) is 0.799. The molecule has 2 aromatic carbocycles. The lowest BCUT2D eigenvalue weighted by atomic mass is 10.1. The van der Waals surface area contributed by atoms with E-state index in [1.54, 1.807) is 18.2 Å². The molecule has 1 N–H and O–H groups in total. The smallest absolute Gasteiger partial charge is 0.258 e. The second-order valence-corrected chi connectivity index (χ2v) is 5.24. The third kappa shape index (κ3) is 5.62. The van der Waals surface area contributed by atoms with Crippen molar-refractivity contribution in [3.8, 4) is 11.5 Å². The molecular formula is C18H20FNO3. The number of nitrogens with one attached hydrogen (secondary N) is 1. The Labute approximate surface area is 135 Å². The minimum Gasteiger partial charge on any atom is -0.489 e. The lowest BCUT2D eigenvalue weighted by Crippen LogP contribution is -2.32. The molecule has 0 aliphatic heterocycles. The molecule has 0 radical (unpaired) electrons. The molecule has 5 heteroatoms. The summed E-state index contributed by atoms with van der Waals surface area (Å²) in [4.78, 5) is 11.7. The molecule has 0 atom stereocenters. The van der Waals surface area contributed by atoms with E-state index in [2.05, 4.69) is 5.32 Å². The molecule has 0 spiro atoms.